The van der Waals surface area contributed by atoms with Crippen molar-refractivity contribution < 1.29 is 14.3 Å². The van der Waals surface area contributed by atoms with Crippen molar-refractivity contribution in [2.24, 2.45) is 0 Å². The molecular formula is C6H8O3. The second kappa shape index (κ2) is 2.09. The predicted molar refractivity (Wildman–Crippen MR) is 30.6 cm³/mol. The van der Waals surface area contributed by atoms with Gasteiger partial charge < -0.3 is 9.47 Å². The predicted octanol–water partition coefficient (Wildman–Crippen LogP) is 0.462. The summed E-state index contributed by atoms with van der Waals surface area (Å²) in [6.07, 6.45) is 1.78. The highest BCUT2D eigenvalue weighted by Crippen LogP contribution is 2.16. The van der Waals surface area contributed by atoms with Crippen LogP contribution in [0, 0.1) is 0 Å². The lowest BCUT2D eigenvalue weighted by molar-refractivity contribution is -0.142. The fourth-order valence-electron chi connectivity index (χ4n) is 0.631. The molecule has 1 aliphatic rings. The molecule has 0 aromatic heterocycles. The Morgan fingerprint density at radius 1 is 1.89 bits per heavy atom. The maximum absolute atomic E-state index is 10.5. The first-order chi connectivity index (χ1) is 4.24. The van der Waals surface area contributed by atoms with Crippen molar-refractivity contribution in [3.63, 3.8) is 0 Å². The summed E-state index contributed by atoms with van der Waals surface area (Å²) in [4.78, 5) is 10.5. The first-order valence-corrected chi connectivity index (χ1v) is 2.71. The van der Waals surface area contributed by atoms with E-state index in [1.807, 2.05) is 6.92 Å². The lowest BCUT2D eigenvalue weighted by atomic mass is 10.2. The van der Waals surface area contributed by atoms with Gasteiger partial charge in [-0.3, -0.25) is 0 Å². The van der Waals surface area contributed by atoms with E-state index in [0.717, 1.165) is 0 Å². The molecule has 0 saturated carbocycles. The molecule has 3 heteroatoms. The SMILES string of the molecule is COC(=O)C1=CC(C)O1. The summed E-state index contributed by atoms with van der Waals surface area (Å²) in [6, 6.07) is 0. The van der Waals surface area contributed by atoms with E-state index in [4.69, 9.17) is 4.74 Å². The van der Waals surface area contributed by atoms with Crippen LogP contribution in [0.15, 0.2) is 11.8 Å². The summed E-state index contributed by atoms with van der Waals surface area (Å²) in [6.45, 7) is 1.85. The van der Waals surface area contributed by atoms with Crippen molar-refractivity contribution in [1.82, 2.24) is 0 Å². The van der Waals surface area contributed by atoms with Crippen molar-refractivity contribution in [2.45, 2.75) is 13.0 Å². The molecule has 0 fully saturated rings. The summed E-state index contributed by atoms with van der Waals surface area (Å²) in [5, 5.41) is 0. The molecule has 0 spiro atoms. The van der Waals surface area contributed by atoms with E-state index in [1.54, 1.807) is 6.08 Å². The number of ether oxygens (including phenoxy) is 2. The summed E-state index contributed by atoms with van der Waals surface area (Å²) in [5.41, 5.74) is 0. The van der Waals surface area contributed by atoms with E-state index in [9.17, 15) is 4.79 Å². The molecule has 0 N–H and O–H groups in total. The lowest BCUT2D eigenvalue weighted by Gasteiger charge is -2.21. The van der Waals surface area contributed by atoms with Gasteiger partial charge >= 0.3 is 5.97 Å². The molecule has 3 nitrogen and oxygen atoms in total. The van der Waals surface area contributed by atoms with Gasteiger partial charge in [-0.15, -0.1) is 0 Å². The number of hydrogen-bond acceptors (Lipinski definition) is 3. The molecule has 0 amide bonds. The zero-order valence-corrected chi connectivity index (χ0v) is 5.38. The second-order valence-electron chi connectivity index (χ2n) is 1.85. The Kier molecular flexibility index (Phi) is 1.42. The van der Waals surface area contributed by atoms with Crippen molar-refractivity contribution >= 4 is 5.97 Å². The molecular weight excluding hydrogens is 120 g/mol. The van der Waals surface area contributed by atoms with Gasteiger partial charge in [0.15, 0.2) is 0 Å². The highest BCUT2D eigenvalue weighted by molar-refractivity contribution is 5.87. The second-order valence-corrected chi connectivity index (χ2v) is 1.85. The Balaban J connectivity index is 2.48. The van der Waals surface area contributed by atoms with Crippen LogP contribution >= 0.6 is 0 Å². The van der Waals surface area contributed by atoms with Gasteiger partial charge in [0.25, 0.3) is 0 Å². The first kappa shape index (κ1) is 6.13. The van der Waals surface area contributed by atoms with Crippen LogP contribution in [0.25, 0.3) is 0 Å². The maximum Gasteiger partial charge on any atom is 0.373 e. The van der Waals surface area contributed by atoms with Gasteiger partial charge in [0.2, 0.25) is 5.76 Å². The molecule has 0 aliphatic carbocycles. The van der Waals surface area contributed by atoms with E-state index in [2.05, 4.69) is 4.74 Å². The summed E-state index contributed by atoms with van der Waals surface area (Å²) in [7, 11) is 1.33. The topological polar surface area (TPSA) is 35.5 Å². The third-order valence-corrected chi connectivity index (χ3v) is 1.09. The van der Waals surface area contributed by atoms with Crippen LogP contribution in [0.2, 0.25) is 0 Å². The molecule has 0 radical (unpaired) electrons. The molecule has 50 valence electrons. The molecule has 1 atom stereocenters. The molecule has 0 saturated heterocycles. The molecule has 0 bridgehead atoms. The normalized spacial score (nSPS) is 23.3. The van der Waals surface area contributed by atoms with E-state index in [1.165, 1.54) is 7.11 Å². The van der Waals surface area contributed by atoms with Crippen LogP contribution in [0.5, 0.6) is 0 Å². The fourth-order valence-corrected chi connectivity index (χ4v) is 0.631. The highest BCUT2D eigenvalue weighted by atomic mass is 16.6. The van der Waals surface area contributed by atoms with Crippen molar-refractivity contribution in [3.8, 4) is 0 Å². The standard InChI is InChI=1S/C6H8O3/c1-4-3-5(9-4)6(7)8-2/h3-4H,1-2H3. The van der Waals surface area contributed by atoms with Gasteiger partial charge in [-0.05, 0) is 6.92 Å². The number of carbonyl (C=O) groups excluding carboxylic acids is 1. The average molecular weight is 128 g/mol. The Morgan fingerprint density at radius 3 is 2.78 bits per heavy atom. The van der Waals surface area contributed by atoms with Crippen LogP contribution in [0.3, 0.4) is 0 Å². The summed E-state index contributed by atoms with van der Waals surface area (Å²) < 4.78 is 9.25. The largest absolute Gasteiger partial charge is 0.479 e. The molecule has 0 aromatic rings. The Labute approximate surface area is 53.3 Å². The van der Waals surface area contributed by atoms with Gasteiger partial charge in [-0.1, -0.05) is 0 Å². The lowest BCUT2D eigenvalue weighted by Crippen LogP contribution is -2.23. The zero-order valence-electron chi connectivity index (χ0n) is 5.38. The van der Waals surface area contributed by atoms with Crippen molar-refractivity contribution in [3.05, 3.63) is 11.8 Å². The first-order valence-electron chi connectivity index (χ1n) is 2.71. The maximum atomic E-state index is 10.5. The van der Waals surface area contributed by atoms with E-state index >= 15 is 0 Å². The van der Waals surface area contributed by atoms with Gasteiger partial charge in [-0.25, -0.2) is 4.79 Å². The summed E-state index contributed by atoms with van der Waals surface area (Å²) in [5.74, 6) is -0.0712. The number of rotatable bonds is 1. The molecule has 1 aliphatic heterocycles. The zero-order chi connectivity index (χ0) is 6.85. The minimum Gasteiger partial charge on any atom is -0.479 e. The molecule has 0 aromatic carbocycles. The van der Waals surface area contributed by atoms with Gasteiger partial charge in [0, 0.05) is 6.08 Å². The third kappa shape index (κ3) is 1.04. The molecule has 1 unspecified atom stereocenters. The monoisotopic (exact) mass is 128 g/mol. The third-order valence-electron chi connectivity index (χ3n) is 1.09. The Morgan fingerprint density at radius 2 is 2.44 bits per heavy atom. The average Bonchev–Trinajstić information content (AvgIpc) is 1.79. The van der Waals surface area contributed by atoms with Crippen molar-refractivity contribution in [2.75, 3.05) is 7.11 Å². The van der Waals surface area contributed by atoms with Gasteiger partial charge in [0.1, 0.15) is 6.10 Å². The number of esters is 1. The van der Waals surface area contributed by atoms with E-state index in [-0.39, 0.29) is 6.10 Å². The smallest absolute Gasteiger partial charge is 0.373 e. The van der Waals surface area contributed by atoms with Crippen LogP contribution in [-0.2, 0) is 14.3 Å². The Bertz CT molecular complexity index is 160. The Hall–Kier alpha value is -0.990. The minimum atomic E-state index is -0.395. The van der Waals surface area contributed by atoms with E-state index in [0.29, 0.717) is 5.76 Å². The highest BCUT2D eigenvalue weighted by Gasteiger charge is 2.22. The molecule has 1 heterocycles. The van der Waals surface area contributed by atoms with Gasteiger partial charge in [-0.2, -0.15) is 0 Å². The minimum absolute atomic E-state index is 0.0686. The van der Waals surface area contributed by atoms with Crippen LogP contribution in [0.1, 0.15) is 6.92 Å². The molecule has 9 heavy (non-hydrogen) atoms. The number of carbonyl (C=O) groups is 1. The van der Waals surface area contributed by atoms with Crippen LogP contribution in [0.4, 0.5) is 0 Å². The summed E-state index contributed by atoms with van der Waals surface area (Å²) >= 11 is 0. The van der Waals surface area contributed by atoms with Crippen molar-refractivity contribution in [1.29, 1.82) is 0 Å². The van der Waals surface area contributed by atoms with Crippen LogP contribution in [-0.4, -0.2) is 19.2 Å². The van der Waals surface area contributed by atoms with Crippen LogP contribution < -0.4 is 0 Å². The van der Waals surface area contributed by atoms with E-state index < -0.39 is 5.97 Å². The molecule has 1 rings (SSSR count). The number of methoxy groups -OCH3 is 1. The number of hydrogen-bond donors (Lipinski definition) is 0. The fraction of sp³-hybridized carbons (Fsp3) is 0.500. The van der Waals surface area contributed by atoms with Gasteiger partial charge in [0.05, 0.1) is 7.11 Å². The quantitative estimate of drug-likeness (QED) is 0.481.